The lowest BCUT2D eigenvalue weighted by Crippen LogP contribution is -2.17. The van der Waals surface area contributed by atoms with Gasteiger partial charge in [0.05, 0.1) is 22.2 Å². The van der Waals surface area contributed by atoms with E-state index in [0.717, 1.165) is 12.8 Å². The molecule has 1 aromatic carbocycles. The molecule has 31 heavy (non-hydrogen) atoms. The molecule has 160 valence electrons. The fourth-order valence-corrected chi connectivity index (χ4v) is 5.57. The van der Waals surface area contributed by atoms with Crippen LogP contribution in [0.2, 0.25) is 0 Å². The summed E-state index contributed by atoms with van der Waals surface area (Å²) in [7, 11) is 0. The molecule has 1 saturated carbocycles. The number of hydrogen-bond donors (Lipinski definition) is 1. The van der Waals surface area contributed by atoms with E-state index < -0.39 is 0 Å². The van der Waals surface area contributed by atoms with Crippen LogP contribution in [0.25, 0.3) is 21.8 Å². The fraction of sp³-hybridized carbons (Fsp3) is 0.333. The number of fused-ring (bicyclic) bond motifs is 1. The van der Waals surface area contributed by atoms with Gasteiger partial charge in [-0.1, -0.05) is 42.4 Å². The van der Waals surface area contributed by atoms with Gasteiger partial charge >= 0.3 is 0 Å². The first-order valence-electron chi connectivity index (χ1n) is 10.1. The minimum absolute atomic E-state index is 0.174. The minimum atomic E-state index is -0.320. The third-order valence-corrected chi connectivity index (χ3v) is 7.15. The lowest BCUT2D eigenvalue weighted by molar-refractivity contribution is -0.113. The molecular formula is C21H20FN5O2S2. The van der Waals surface area contributed by atoms with Crippen LogP contribution >= 0.6 is 23.1 Å². The molecule has 5 rings (SSSR count). The predicted octanol–water partition coefficient (Wildman–Crippen LogP) is 5.52. The Kier molecular flexibility index (Phi) is 5.73. The van der Waals surface area contributed by atoms with Crippen LogP contribution in [0, 0.1) is 5.82 Å². The number of nitrogens with zero attached hydrogens (tertiary/aromatic N) is 4. The summed E-state index contributed by atoms with van der Waals surface area (Å²) in [6, 6.07) is 8.39. The number of nitrogens with one attached hydrogen (secondary N) is 1. The first-order chi connectivity index (χ1) is 15.2. The standard InChI is InChI=1S/C21H20FN5O2S2/c22-13-8-9-15-17(11-13)31-20(23-15)24-18(28)12-30-21-26-25-19(16-7-4-10-29-16)27(21)14-5-2-1-3-6-14/h4,7-11,14H,1-3,5-6,12H2,(H,23,24,28). The molecular weight excluding hydrogens is 437 g/mol. The third kappa shape index (κ3) is 4.35. The number of rotatable bonds is 6. The van der Waals surface area contributed by atoms with Crippen molar-refractivity contribution in [2.24, 2.45) is 0 Å². The zero-order valence-electron chi connectivity index (χ0n) is 16.6. The second-order valence-electron chi connectivity index (χ2n) is 7.41. The smallest absolute Gasteiger partial charge is 0.236 e. The lowest BCUT2D eigenvalue weighted by atomic mass is 9.95. The van der Waals surface area contributed by atoms with Gasteiger partial charge in [-0.25, -0.2) is 9.37 Å². The summed E-state index contributed by atoms with van der Waals surface area (Å²) in [6.07, 6.45) is 7.33. The van der Waals surface area contributed by atoms with Crippen LogP contribution < -0.4 is 5.32 Å². The van der Waals surface area contributed by atoms with Gasteiger partial charge in [0.25, 0.3) is 0 Å². The number of furan rings is 1. The van der Waals surface area contributed by atoms with Gasteiger partial charge in [-0.2, -0.15) is 0 Å². The van der Waals surface area contributed by atoms with Crippen LogP contribution in [0.15, 0.2) is 46.2 Å². The number of anilines is 1. The van der Waals surface area contributed by atoms with Gasteiger partial charge in [-0.3, -0.25) is 9.36 Å². The summed E-state index contributed by atoms with van der Waals surface area (Å²) in [5.41, 5.74) is 0.662. The number of halogens is 1. The van der Waals surface area contributed by atoms with Crippen LogP contribution in [0.4, 0.5) is 9.52 Å². The molecule has 0 spiro atoms. The van der Waals surface area contributed by atoms with Crippen LogP contribution in [0.1, 0.15) is 38.1 Å². The van der Waals surface area contributed by atoms with Gasteiger partial charge < -0.3 is 9.73 Å². The molecule has 1 fully saturated rings. The molecule has 0 saturated heterocycles. The topological polar surface area (TPSA) is 85.8 Å². The van der Waals surface area contributed by atoms with Crippen molar-refractivity contribution in [3.05, 3.63) is 42.4 Å². The maximum absolute atomic E-state index is 13.4. The van der Waals surface area contributed by atoms with Gasteiger partial charge in [0.2, 0.25) is 11.7 Å². The highest BCUT2D eigenvalue weighted by Crippen LogP contribution is 2.35. The fourth-order valence-electron chi connectivity index (χ4n) is 3.86. The van der Waals surface area contributed by atoms with Crippen molar-refractivity contribution >= 4 is 44.4 Å². The second kappa shape index (κ2) is 8.80. The quantitative estimate of drug-likeness (QED) is 0.384. The molecule has 0 bridgehead atoms. The molecule has 3 heterocycles. The molecule has 0 atom stereocenters. The molecule has 1 amide bonds. The van der Waals surface area contributed by atoms with Gasteiger partial charge in [0.1, 0.15) is 5.82 Å². The largest absolute Gasteiger partial charge is 0.461 e. The normalized spacial score (nSPS) is 14.9. The third-order valence-electron chi connectivity index (χ3n) is 5.28. The van der Waals surface area contributed by atoms with Crippen molar-refractivity contribution in [1.29, 1.82) is 0 Å². The van der Waals surface area contributed by atoms with E-state index >= 15 is 0 Å². The second-order valence-corrected chi connectivity index (χ2v) is 9.39. The summed E-state index contributed by atoms with van der Waals surface area (Å²) in [6.45, 7) is 0. The Morgan fingerprint density at radius 3 is 2.94 bits per heavy atom. The number of amides is 1. The number of benzene rings is 1. The van der Waals surface area contributed by atoms with E-state index in [2.05, 4.69) is 25.1 Å². The molecule has 1 N–H and O–H groups in total. The molecule has 1 aliphatic rings. The zero-order chi connectivity index (χ0) is 21.2. The van der Waals surface area contributed by atoms with Crippen molar-refractivity contribution in [3.8, 4) is 11.6 Å². The molecule has 0 radical (unpaired) electrons. The number of thiazole rings is 1. The Morgan fingerprint density at radius 1 is 1.26 bits per heavy atom. The number of carbonyl (C=O) groups excluding carboxylic acids is 1. The summed E-state index contributed by atoms with van der Waals surface area (Å²) >= 11 is 2.60. The van der Waals surface area contributed by atoms with E-state index in [9.17, 15) is 9.18 Å². The first-order valence-corrected chi connectivity index (χ1v) is 11.9. The van der Waals surface area contributed by atoms with Crippen LogP contribution in [0.5, 0.6) is 0 Å². The minimum Gasteiger partial charge on any atom is -0.461 e. The highest BCUT2D eigenvalue weighted by atomic mass is 32.2. The van der Waals surface area contributed by atoms with Crippen molar-refractivity contribution in [3.63, 3.8) is 0 Å². The van der Waals surface area contributed by atoms with Crippen LogP contribution in [-0.4, -0.2) is 31.4 Å². The Hall–Kier alpha value is -2.72. The molecule has 0 aliphatic heterocycles. The van der Waals surface area contributed by atoms with Crippen molar-refractivity contribution < 1.29 is 13.6 Å². The van der Waals surface area contributed by atoms with E-state index in [1.165, 1.54) is 54.5 Å². The van der Waals surface area contributed by atoms with Crippen molar-refractivity contribution in [1.82, 2.24) is 19.7 Å². The summed E-state index contributed by atoms with van der Waals surface area (Å²) in [5, 5.41) is 12.7. The first kappa shape index (κ1) is 20.2. The van der Waals surface area contributed by atoms with Crippen molar-refractivity contribution in [2.75, 3.05) is 11.1 Å². The summed E-state index contributed by atoms with van der Waals surface area (Å²) in [5.74, 6) is 1.04. The monoisotopic (exact) mass is 457 g/mol. The van der Waals surface area contributed by atoms with Gasteiger partial charge in [0, 0.05) is 6.04 Å². The molecule has 10 heteroatoms. The van der Waals surface area contributed by atoms with Crippen LogP contribution in [-0.2, 0) is 4.79 Å². The zero-order valence-corrected chi connectivity index (χ0v) is 18.2. The number of carbonyl (C=O) groups is 1. The number of aromatic nitrogens is 4. The van der Waals surface area contributed by atoms with Crippen LogP contribution in [0.3, 0.4) is 0 Å². The van der Waals surface area contributed by atoms with Gasteiger partial charge in [-0.15, -0.1) is 10.2 Å². The predicted molar refractivity (Wildman–Crippen MR) is 119 cm³/mol. The van der Waals surface area contributed by atoms with E-state index in [-0.39, 0.29) is 17.5 Å². The SMILES string of the molecule is O=C(CSc1nnc(-c2ccco2)n1C1CCCCC1)Nc1nc2ccc(F)cc2s1. The molecule has 0 unspecified atom stereocenters. The average molecular weight is 458 g/mol. The molecule has 7 nitrogen and oxygen atoms in total. The molecule has 3 aromatic heterocycles. The van der Waals surface area contributed by atoms with Gasteiger partial charge in [-0.05, 0) is 43.2 Å². The average Bonchev–Trinajstić information content (AvgIpc) is 3.51. The lowest BCUT2D eigenvalue weighted by Gasteiger charge is -2.25. The number of hydrogen-bond acceptors (Lipinski definition) is 7. The van der Waals surface area contributed by atoms with E-state index in [0.29, 0.717) is 38.1 Å². The Balaban J connectivity index is 1.31. The summed E-state index contributed by atoms with van der Waals surface area (Å²) in [4.78, 5) is 16.9. The van der Waals surface area contributed by atoms with E-state index in [1.54, 1.807) is 12.3 Å². The van der Waals surface area contributed by atoms with Gasteiger partial charge in [0.15, 0.2) is 16.0 Å². The maximum atomic E-state index is 13.4. The van der Waals surface area contributed by atoms with E-state index in [1.807, 2.05) is 12.1 Å². The Labute approximate surface area is 186 Å². The highest BCUT2D eigenvalue weighted by Gasteiger charge is 2.25. The maximum Gasteiger partial charge on any atom is 0.236 e. The molecule has 1 aliphatic carbocycles. The Bertz CT molecular complexity index is 1200. The van der Waals surface area contributed by atoms with E-state index in [4.69, 9.17) is 4.42 Å². The Morgan fingerprint density at radius 2 is 2.13 bits per heavy atom. The number of thioether (sulfide) groups is 1. The van der Waals surface area contributed by atoms with Crippen molar-refractivity contribution in [2.45, 2.75) is 43.3 Å². The molecule has 4 aromatic rings. The highest BCUT2D eigenvalue weighted by molar-refractivity contribution is 7.99. The summed E-state index contributed by atoms with van der Waals surface area (Å²) < 4.78 is 21.8.